The van der Waals surface area contributed by atoms with Gasteiger partial charge < -0.3 is 20.4 Å². The number of carbonyl (C=O) groups is 2. The van der Waals surface area contributed by atoms with Gasteiger partial charge in [0.2, 0.25) is 10.0 Å². The molecule has 1 saturated heterocycles. The number of likely N-dealkylation sites (tertiary alicyclic amines) is 1. The molecule has 2 amide bonds. The van der Waals surface area contributed by atoms with Crippen LogP contribution < -0.4 is 10.5 Å². The van der Waals surface area contributed by atoms with E-state index < -0.39 is 39.9 Å². The molecule has 0 unspecified atom stereocenters. The molecule has 0 saturated carbocycles. The van der Waals surface area contributed by atoms with Crippen LogP contribution in [0.3, 0.4) is 0 Å². The summed E-state index contributed by atoms with van der Waals surface area (Å²) in [6, 6.07) is -1.84. The third kappa shape index (κ3) is 4.13. The van der Waals surface area contributed by atoms with Gasteiger partial charge in [-0.3, -0.25) is 0 Å². The Bertz CT molecular complexity index is 436. The summed E-state index contributed by atoms with van der Waals surface area (Å²) in [6.07, 6.45) is -0.937. The van der Waals surface area contributed by atoms with Crippen molar-refractivity contribution in [3.8, 4) is 0 Å². The molecular formula is C8H15N3O6S. The van der Waals surface area contributed by atoms with Crippen LogP contribution in [0, 0.1) is 0 Å². The van der Waals surface area contributed by atoms with Gasteiger partial charge in [0.1, 0.15) is 6.04 Å². The Kier molecular flexibility index (Phi) is 4.48. The average Bonchev–Trinajstić information content (AvgIpc) is 2.58. The zero-order chi connectivity index (χ0) is 13.9. The maximum absolute atomic E-state index is 11.6. The van der Waals surface area contributed by atoms with Crippen LogP contribution in [0.5, 0.6) is 0 Å². The minimum atomic E-state index is -3.68. The summed E-state index contributed by atoms with van der Waals surface area (Å²) in [5.74, 6) is -1.65. The molecule has 18 heavy (non-hydrogen) atoms. The smallest absolute Gasteiger partial charge is 0.326 e. The number of urea groups is 1. The largest absolute Gasteiger partial charge is 0.480 e. The molecular weight excluding hydrogens is 266 g/mol. The lowest BCUT2D eigenvalue weighted by atomic mass is 10.2. The molecule has 9 nitrogen and oxygen atoms in total. The van der Waals surface area contributed by atoms with E-state index in [0.29, 0.717) is 0 Å². The normalized spacial score (nSPS) is 24.0. The first-order valence-corrected chi connectivity index (χ1v) is 6.88. The number of aliphatic carboxylic acids is 1. The number of β-amino-alcohol motifs (C(OH)–C–C–N with tert-alkyl or cyclic N) is 1. The number of primary sulfonamides is 1. The summed E-state index contributed by atoms with van der Waals surface area (Å²) in [7, 11) is -3.68. The minimum absolute atomic E-state index is 0.0437. The number of carbonyl (C=O) groups excluding carboxylic acids is 1. The Morgan fingerprint density at radius 2 is 2.06 bits per heavy atom. The lowest BCUT2D eigenvalue weighted by molar-refractivity contribution is -0.141. The fourth-order valence-electron chi connectivity index (χ4n) is 1.67. The quantitative estimate of drug-likeness (QED) is 0.447. The van der Waals surface area contributed by atoms with Gasteiger partial charge in [-0.25, -0.2) is 23.1 Å². The van der Waals surface area contributed by atoms with E-state index in [9.17, 15) is 23.1 Å². The molecule has 1 aliphatic rings. The molecule has 0 aromatic rings. The molecule has 0 aliphatic carbocycles. The number of hydrogen-bond acceptors (Lipinski definition) is 5. The van der Waals surface area contributed by atoms with E-state index in [1.807, 2.05) is 0 Å². The Morgan fingerprint density at radius 3 is 2.56 bits per heavy atom. The average molecular weight is 281 g/mol. The van der Waals surface area contributed by atoms with Crippen LogP contribution in [0.25, 0.3) is 0 Å². The van der Waals surface area contributed by atoms with E-state index in [1.165, 1.54) is 0 Å². The number of hydrogen-bond donors (Lipinski definition) is 4. The maximum atomic E-state index is 11.6. The summed E-state index contributed by atoms with van der Waals surface area (Å²) < 4.78 is 21.3. The maximum Gasteiger partial charge on any atom is 0.326 e. The highest BCUT2D eigenvalue weighted by molar-refractivity contribution is 7.89. The van der Waals surface area contributed by atoms with E-state index in [2.05, 4.69) is 5.32 Å². The molecule has 0 aromatic heterocycles. The Labute approximate surface area is 104 Å². The summed E-state index contributed by atoms with van der Waals surface area (Å²) in [5.41, 5.74) is 0. The van der Waals surface area contributed by atoms with E-state index in [0.717, 1.165) is 4.90 Å². The SMILES string of the molecule is NS(=O)(=O)CCNC(=O)N1C[C@H](O)C[C@@H]1C(=O)O. The minimum Gasteiger partial charge on any atom is -0.480 e. The summed E-state index contributed by atoms with van der Waals surface area (Å²) in [4.78, 5) is 23.4. The van der Waals surface area contributed by atoms with Gasteiger partial charge in [-0.1, -0.05) is 0 Å². The van der Waals surface area contributed by atoms with Gasteiger partial charge >= 0.3 is 12.0 Å². The lowest BCUT2D eigenvalue weighted by Crippen LogP contribution is -2.47. The molecule has 0 bridgehead atoms. The van der Waals surface area contributed by atoms with Gasteiger partial charge in [0.15, 0.2) is 0 Å². The molecule has 1 fully saturated rings. The van der Waals surface area contributed by atoms with Crippen LogP contribution in [0.1, 0.15) is 6.42 Å². The number of aliphatic hydroxyl groups excluding tert-OH is 1. The number of aliphatic hydroxyl groups is 1. The molecule has 2 atom stereocenters. The second-order valence-electron chi connectivity index (χ2n) is 3.99. The van der Waals surface area contributed by atoms with Crippen LogP contribution in [0.2, 0.25) is 0 Å². The predicted octanol–water partition coefficient (Wildman–Crippen LogP) is -2.50. The number of nitrogens with zero attached hydrogens (tertiary/aromatic N) is 1. The first-order chi connectivity index (χ1) is 8.20. The van der Waals surface area contributed by atoms with E-state index in [4.69, 9.17) is 10.2 Å². The van der Waals surface area contributed by atoms with Crippen molar-refractivity contribution < 1.29 is 28.2 Å². The first-order valence-electron chi connectivity index (χ1n) is 5.16. The number of carboxylic acids is 1. The van der Waals surface area contributed by atoms with Crippen LogP contribution in [0.15, 0.2) is 0 Å². The summed E-state index contributed by atoms with van der Waals surface area (Å²) in [6.45, 7) is -0.311. The molecule has 10 heteroatoms. The third-order valence-electron chi connectivity index (χ3n) is 2.49. The fourth-order valence-corrected chi connectivity index (χ4v) is 2.06. The standard InChI is InChI=1S/C8H15N3O6S/c9-18(16,17)2-1-10-8(15)11-4-5(12)3-6(11)7(13)14/h5-6,12H,1-4H2,(H,10,15)(H,13,14)(H2,9,16,17)/t5-,6-/m1/s1. The number of rotatable bonds is 4. The van der Waals surface area contributed by atoms with E-state index in [-0.39, 0.29) is 19.5 Å². The zero-order valence-corrected chi connectivity index (χ0v) is 10.3. The molecule has 1 aliphatic heterocycles. The van der Waals surface area contributed by atoms with Gasteiger partial charge in [0.25, 0.3) is 0 Å². The first kappa shape index (κ1) is 14.7. The Hall–Kier alpha value is -1.39. The number of amides is 2. The third-order valence-corrected chi connectivity index (χ3v) is 3.26. The van der Waals surface area contributed by atoms with Crippen molar-refractivity contribution in [2.24, 2.45) is 5.14 Å². The monoisotopic (exact) mass is 281 g/mol. The highest BCUT2D eigenvalue weighted by Crippen LogP contribution is 2.17. The highest BCUT2D eigenvalue weighted by Gasteiger charge is 2.38. The van der Waals surface area contributed by atoms with Crippen molar-refractivity contribution in [2.45, 2.75) is 18.6 Å². The lowest BCUT2D eigenvalue weighted by Gasteiger charge is -2.21. The van der Waals surface area contributed by atoms with Crippen molar-refractivity contribution in [3.05, 3.63) is 0 Å². The molecule has 1 rings (SSSR count). The molecule has 0 spiro atoms. The van der Waals surface area contributed by atoms with Gasteiger partial charge in [-0.15, -0.1) is 0 Å². The Morgan fingerprint density at radius 1 is 1.44 bits per heavy atom. The van der Waals surface area contributed by atoms with Crippen LogP contribution in [-0.4, -0.2) is 66.5 Å². The fraction of sp³-hybridized carbons (Fsp3) is 0.750. The zero-order valence-electron chi connectivity index (χ0n) is 9.44. The van der Waals surface area contributed by atoms with E-state index >= 15 is 0 Å². The van der Waals surface area contributed by atoms with Crippen LogP contribution >= 0.6 is 0 Å². The number of nitrogens with one attached hydrogen (secondary N) is 1. The van der Waals surface area contributed by atoms with Crippen molar-refractivity contribution in [3.63, 3.8) is 0 Å². The molecule has 104 valence electrons. The topological polar surface area (TPSA) is 150 Å². The molecule has 0 aromatic carbocycles. The summed E-state index contributed by atoms with van der Waals surface area (Å²) >= 11 is 0. The van der Waals surface area contributed by atoms with Crippen molar-refractivity contribution in [2.75, 3.05) is 18.8 Å². The Balaban J connectivity index is 2.53. The number of carboxylic acid groups (broad SMARTS) is 1. The van der Waals surface area contributed by atoms with Gasteiger partial charge in [0, 0.05) is 19.5 Å². The van der Waals surface area contributed by atoms with Gasteiger partial charge in [0.05, 0.1) is 11.9 Å². The second kappa shape index (κ2) is 5.50. The molecule has 1 heterocycles. The van der Waals surface area contributed by atoms with Crippen LogP contribution in [-0.2, 0) is 14.8 Å². The van der Waals surface area contributed by atoms with Crippen molar-refractivity contribution in [1.29, 1.82) is 0 Å². The van der Waals surface area contributed by atoms with Crippen molar-refractivity contribution >= 4 is 22.0 Å². The van der Waals surface area contributed by atoms with E-state index in [1.54, 1.807) is 0 Å². The predicted molar refractivity (Wildman–Crippen MR) is 60.1 cm³/mol. The number of sulfonamides is 1. The molecule has 5 N–H and O–H groups in total. The summed E-state index contributed by atoms with van der Waals surface area (Å²) in [5, 5.41) is 25.2. The van der Waals surface area contributed by atoms with Gasteiger partial charge in [-0.05, 0) is 0 Å². The molecule has 0 radical (unpaired) electrons. The van der Waals surface area contributed by atoms with Crippen molar-refractivity contribution in [1.82, 2.24) is 10.2 Å². The van der Waals surface area contributed by atoms with Crippen LogP contribution in [0.4, 0.5) is 4.79 Å². The number of nitrogens with two attached hydrogens (primary N) is 1. The second-order valence-corrected chi connectivity index (χ2v) is 5.73. The highest BCUT2D eigenvalue weighted by atomic mass is 32.2. The van der Waals surface area contributed by atoms with Gasteiger partial charge in [-0.2, -0.15) is 0 Å².